The van der Waals surface area contributed by atoms with Gasteiger partial charge in [-0.05, 0) is 50.8 Å². The van der Waals surface area contributed by atoms with E-state index in [0.29, 0.717) is 22.0 Å². The van der Waals surface area contributed by atoms with Gasteiger partial charge >= 0.3 is 0 Å². The van der Waals surface area contributed by atoms with Gasteiger partial charge in [-0.3, -0.25) is 9.69 Å². The van der Waals surface area contributed by atoms with Crippen molar-refractivity contribution in [1.29, 1.82) is 0 Å². The van der Waals surface area contributed by atoms with E-state index >= 15 is 0 Å². The van der Waals surface area contributed by atoms with Crippen LogP contribution in [0.15, 0.2) is 18.2 Å². The molecule has 150 valence electrons. The molecular weight excluding hydrogens is 385 g/mol. The first-order valence-electron chi connectivity index (χ1n) is 9.72. The summed E-state index contributed by atoms with van der Waals surface area (Å²) in [5.41, 5.74) is 1.03. The van der Waals surface area contributed by atoms with Crippen LogP contribution >= 0.6 is 23.2 Å². The molecule has 1 aromatic carbocycles. The molecule has 2 aliphatic rings. The number of benzene rings is 1. The molecule has 0 bridgehead atoms. The fourth-order valence-electron chi connectivity index (χ4n) is 3.83. The van der Waals surface area contributed by atoms with Gasteiger partial charge in [-0.25, -0.2) is 0 Å². The van der Waals surface area contributed by atoms with E-state index in [1.807, 2.05) is 18.2 Å². The van der Waals surface area contributed by atoms with Crippen molar-refractivity contribution < 1.29 is 9.53 Å². The summed E-state index contributed by atoms with van der Waals surface area (Å²) in [5.74, 6) is 0.713. The Morgan fingerprint density at radius 2 is 1.96 bits per heavy atom. The summed E-state index contributed by atoms with van der Waals surface area (Å²) in [6.07, 6.45) is 3.00. The second-order valence-corrected chi connectivity index (χ2v) is 8.40. The molecule has 1 aliphatic carbocycles. The molecule has 5 nitrogen and oxygen atoms in total. The van der Waals surface area contributed by atoms with Crippen molar-refractivity contribution >= 4 is 34.8 Å². The van der Waals surface area contributed by atoms with Crippen LogP contribution in [-0.2, 0) is 9.53 Å². The predicted octanol–water partition coefficient (Wildman–Crippen LogP) is 3.44. The number of hydrogen-bond acceptors (Lipinski definition) is 4. The lowest BCUT2D eigenvalue weighted by atomic mass is 9.78. The minimum absolute atomic E-state index is 0.00301. The largest absolute Gasteiger partial charge is 0.372 e. The van der Waals surface area contributed by atoms with Crippen molar-refractivity contribution in [1.82, 2.24) is 10.2 Å². The number of halogens is 2. The van der Waals surface area contributed by atoms with Gasteiger partial charge in [0, 0.05) is 39.3 Å². The molecule has 27 heavy (non-hydrogen) atoms. The highest BCUT2D eigenvalue weighted by Crippen LogP contribution is 2.33. The number of rotatable bonds is 7. The highest BCUT2D eigenvalue weighted by atomic mass is 35.5. The first-order chi connectivity index (χ1) is 13.0. The zero-order valence-electron chi connectivity index (χ0n) is 16.1. The van der Waals surface area contributed by atoms with Crippen molar-refractivity contribution in [3.05, 3.63) is 28.2 Å². The van der Waals surface area contributed by atoms with Gasteiger partial charge in [0.1, 0.15) is 6.10 Å². The van der Waals surface area contributed by atoms with Crippen LogP contribution in [0.2, 0.25) is 10.0 Å². The summed E-state index contributed by atoms with van der Waals surface area (Å²) in [4.78, 5) is 16.7. The zero-order chi connectivity index (χ0) is 19.4. The third kappa shape index (κ3) is 5.29. The number of nitrogens with zero attached hydrogens (tertiary/aromatic N) is 2. The standard InChI is InChI=1S/C20H29Cl2N3O2/c1-14(27-2)20(26)23-16-12-15(13-16)6-7-24-8-10-25(11-9-24)18-5-3-4-17(21)19(18)22/h3-5,14-16H,6-13H2,1-2H3,(H,23,26). The number of piperazine rings is 1. The van der Waals surface area contributed by atoms with Crippen molar-refractivity contribution in [3.8, 4) is 0 Å². The van der Waals surface area contributed by atoms with Crippen LogP contribution in [0.25, 0.3) is 0 Å². The fraction of sp³-hybridized carbons (Fsp3) is 0.650. The van der Waals surface area contributed by atoms with E-state index in [0.717, 1.165) is 51.3 Å². The second kappa shape index (κ2) is 9.46. The van der Waals surface area contributed by atoms with Gasteiger partial charge in [0.05, 0.1) is 15.7 Å². The minimum Gasteiger partial charge on any atom is -0.372 e. The van der Waals surface area contributed by atoms with E-state index in [4.69, 9.17) is 27.9 Å². The molecule has 1 heterocycles. The van der Waals surface area contributed by atoms with Crippen LogP contribution in [0.4, 0.5) is 5.69 Å². The highest BCUT2D eigenvalue weighted by molar-refractivity contribution is 6.43. The predicted molar refractivity (Wildman–Crippen MR) is 111 cm³/mol. The van der Waals surface area contributed by atoms with Crippen molar-refractivity contribution in [2.75, 3.05) is 44.7 Å². The average Bonchev–Trinajstić information content (AvgIpc) is 2.65. The number of anilines is 1. The summed E-state index contributed by atoms with van der Waals surface area (Å²) in [7, 11) is 1.56. The molecule has 1 saturated heterocycles. The molecule has 1 saturated carbocycles. The number of hydrogen-bond donors (Lipinski definition) is 1. The molecule has 0 aromatic heterocycles. The maximum absolute atomic E-state index is 11.8. The number of carbonyl (C=O) groups is 1. The first kappa shape index (κ1) is 20.7. The lowest BCUT2D eigenvalue weighted by Crippen LogP contribution is -2.49. The monoisotopic (exact) mass is 413 g/mol. The van der Waals surface area contributed by atoms with Gasteiger partial charge < -0.3 is 15.0 Å². The number of carbonyl (C=O) groups excluding carboxylic acids is 1. The molecule has 1 N–H and O–H groups in total. The van der Waals surface area contributed by atoms with E-state index in [1.54, 1.807) is 14.0 Å². The molecule has 1 atom stereocenters. The molecule has 0 spiro atoms. The second-order valence-electron chi connectivity index (χ2n) is 7.61. The normalized spacial score (nSPS) is 24.4. The average molecular weight is 414 g/mol. The van der Waals surface area contributed by atoms with Gasteiger partial charge in [-0.1, -0.05) is 29.3 Å². The molecule has 1 unspecified atom stereocenters. The van der Waals surface area contributed by atoms with Crippen LogP contribution in [-0.4, -0.2) is 62.8 Å². The summed E-state index contributed by atoms with van der Waals surface area (Å²) < 4.78 is 5.05. The lowest BCUT2D eigenvalue weighted by molar-refractivity contribution is -0.131. The number of ether oxygens (including phenoxy) is 1. The van der Waals surface area contributed by atoms with Crippen LogP contribution in [0, 0.1) is 5.92 Å². The van der Waals surface area contributed by atoms with Gasteiger partial charge in [-0.2, -0.15) is 0 Å². The smallest absolute Gasteiger partial charge is 0.249 e. The minimum atomic E-state index is -0.367. The summed E-state index contributed by atoms with van der Waals surface area (Å²) >= 11 is 12.5. The Kier molecular flexibility index (Phi) is 7.26. The van der Waals surface area contributed by atoms with Crippen LogP contribution < -0.4 is 10.2 Å². The van der Waals surface area contributed by atoms with Crippen LogP contribution in [0.5, 0.6) is 0 Å². The molecule has 3 rings (SSSR count). The SMILES string of the molecule is COC(C)C(=O)NC1CC(CCN2CCN(c3cccc(Cl)c3Cl)CC2)C1. The fourth-order valence-corrected chi connectivity index (χ4v) is 4.24. The maximum atomic E-state index is 11.8. The molecule has 2 fully saturated rings. The Morgan fingerprint density at radius 1 is 1.26 bits per heavy atom. The van der Waals surface area contributed by atoms with Crippen molar-refractivity contribution in [2.24, 2.45) is 5.92 Å². The Balaban J connectivity index is 1.34. The third-order valence-electron chi connectivity index (χ3n) is 5.80. The molecular formula is C20H29Cl2N3O2. The lowest BCUT2D eigenvalue weighted by Gasteiger charge is -2.40. The Morgan fingerprint density at radius 3 is 2.63 bits per heavy atom. The molecule has 0 radical (unpaired) electrons. The summed E-state index contributed by atoms with van der Waals surface area (Å²) in [6, 6.07) is 6.14. The Labute approximate surface area is 171 Å². The number of amides is 1. The first-order valence-corrected chi connectivity index (χ1v) is 10.5. The quantitative estimate of drug-likeness (QED) is 0.743. The van der Waals surface area contributed by atoms with E-state index in [2.05, 4.69) is 15.1 Å². The molecule has 1 amide bonds. The zero-order valence-corrected chi connectivity index (χ0v) is 17.6. The Bertz CT molecular complexity index is 644. The number of methoxy groups -OCH3 is 1. The van der Waals surface area contributed by atoms with Crippen LogP contribution in [0.3, 0.4) is 0 Å². The maximum Gasteiger partial charge on any atom is 0.249 e. The van der Waals surface area contributed by atoms with Crippen LogP contribution in [0.1, 0.15) is 26.2 Å². The van der Waals surface area contributed by atoms with Gasteiger partial charge in [0.25, 0.3) is 0 Å². The van der Waals surface area contributed by atoms with Gasteiger partial charge in [0.2, 0.25) is 5.91 Å². The van der Waals surface area contributed by atoms with Crippen molar-refractivity contribution in [2.45, 2.75) is 38.3 Å². The third-order valence-corrected chi connectivity index (χ3v) is 6.61. The summed E-state index contributed by atoms with van der Waals surface area (Å²) in [5, 5.41) is 4.33. The highest BCUT2D eigenvalue weighted by Gasteiger charge is 2.31. The molecule has 7 heteroatoms. The van der Waals surface area contributed by atoms with Crippen molar-refractivity contribution in [3.63, 3.8) is 0 Å². The molecule has 1 aromatic rings. The van der Waals surface area contributed by atoms with E-state index in [-0.39, 0.29) is 12.0 Å². The number of nitrogens with one attached hydrogen (secondary N) is 1. The van der Waals surface area contributed by atoms with E-state index in [9.17, 15) is 4.79 Å². The van der Waals surface area contributed by atoms with Gasteiger partial charge in [-0.15, -0.1) is 0 Å². The van der Waals surface area contributed by atoms with E-state index < -0.39 is 0 Å². The Hall–Kier alpha value is -1.01. The topological polar surface area (TPSA) is 44.8 Å². The summed E-state index contributed by atoms with van der Waals surface area (Å²) in [6.45, 7) is 6.93. The van der Waals surface area contributed by atoms with E-state index in [1.165, 1.54) is 6.42 Å². The van der Waals surface area contributed by atoms with Gasteiger partial charge in [0.15, 0.2) is 0 Å². The molecule has 1 aliphatic heterocycles.